The molecule has 0 saturated carbocycles. The Morgan fingerprint density at radius 1 is 1.06 bits per heavy atom. The van der Waals surface area contributed by atoms with Gasteiger partial charge in [-0.3, -0.25) is 0 Å². The highest BCUT2D eigenvalue weighted by Gasteiger charge is 2.74. The Kier molecular flexibility index (Phi) is 5.51. The molecule has 0 unspecified atom stereocenters. The molecule has 0 saturated heterocycles. The number of rotatable bonds is 3. The summed E-state index contributed by atoms with van der Waals surface area (Å²) in [7, 11) is 0. The van der Waals surface area contributed by atoms with Gasteiger partial charge in [0.25, 0.3) is 0 Å². The fourth-order valence-corrected chi connectivity index (χ4v) is 1.64. The maximum atomic E-state index is 13.0. The summed E-state index contributed by atoms with van der Waals surface area (Å²) >= 11 is 2.90. The first-order chi connectivity index (χ1) is 7.45. The Morgan fingerprint density at radius 2 is 1.47 bits per heavy atom. The van der Waals surface area contributed by atoms with Crippen LogP contribution in [0, 0.1) is 0 Å². The first-order valence-corrected chi connectivity index (χ1v) is 5.36. The molecule has 0 rings (SSSR count). The topological polar surface area (TPSA) is 9.23 Å². The molecule has 0 aromatic rings. The zero-order valence-corrected chi connectivity index (χ0v) is 9.92. The van der Waals surface area contributed by atoms with Gasteiger partial charge in [-0.2, -0.15) is 26.3 Å². The summed E-state index contributed by atoms with van der Waals surface area (Å²) in [6.07, 6.45) is -11.9. The largest absolute Gasteiger partial charge is 0.479 e. The molecule has 0 aliphatic heterocycles. The van der Waals surface area contributed by atoms with Crippen LogP contribution in [0.5, 0.6) is 0 Å². The summed E-state index contributed by atoms with van der Waals surface area (Å²) in [5.41, 5.74) is 0. The lowest BCUT2D eigenvalue weighted by Crippen LogP contribution is -2.51. The van der Waals surface area contributed by atoms with E-state index < -0.39 is 33.5 Å². The fraction of sp³-hybridized carbons (Fsp3) is 0.857. The molecule has 102 valence electrons. The van der Waals surface area contributed by atoms with E-state index in [1.165, 1.54) is 0 Å². The molecule has 0 amide bonds. The van der Waals surface area contributed by atoms with Crippen LogP contribution >= 0.6 is 24.0 Å². The van der Waals surface area contributed by atoms with Crippen LogP contribution in [0.25, 0.3) is 0 Å². The van der Waals surface area contributed by atoms with Gasteiger partial charge in [0.05, 0.1) is 6.61 Å². The normalized spacial score (nSPS) is 13.6. The van der Waals surface area contributed by atoms with Crippen LogP contribution in [0.3, 0.4) is 0 Å². The van der Waals surface area contributed by atoms with Gasteiger partial charge in [0, 0.05) is 0 Å². The van der Waals surface area contributed by atoms with Crippen LogP contribution in [0.4, 0.5) is 30.7 Å². The summed E-state index contributed by atoms with van der Waals surface area (Å²) in [4.78, 5) is 0. The predicted octanol–water partition coefficient (Wildman–Crippen LogP) is 4.22. The third-order valence-corrected chi connectivity index (χ3v) is 2.77. The Bertz CT molecular complexity index is 258. The molecule has 1 nitrogen and oxygen atoms in total. The van der Waals surface area contributed by atoms with Crippen molar-refractivity contribution < 1.29 is 35.5 Å². The number of thiocarbonyl (C=S) groups is 1. The minimum Gasteiger partial charge on any atom is -0.479 e. The summed E-state index contributed by atoms with van der Waals surface area (Å²) in [6.45, 7) is 1.38. The minimum absolute atomic E-state index is 0.183. The summed E-state index contributed by atoms with van der Waals surface area (Å²) in [5, 5.41) is -5.45. The lowest BCUT2D eigenvalue weighted by atomic mass is 10.3. The predicted molar refractivity (Wildman–Crippen MR) is 52.4 cm³/mol. The monoisotopic (exact) mass is 304 g/mol. The van der Waals surface area contributed by atoms with Gasteiger partial charge in [0.1, 0.15) is 0 Å². The van der Waals surface area contributed by atoms with E-state index in [2.05, 4.69) is 17.0 Å². The maximum absolute atomic E-state index is 13.0. The molecule has 0 heterocycles. The standard InChI is InChI=1S/C7H7F7OS2/c1-2-3-15-4(16)17-5(8,6(9,10)11)7(12,13)14/h2-3H2,1H3. The van der Waals surface area contributed by atoms with Crippen LogP contribution in [0.15, 0.2) is 0 Å². The number of thioether (sulfide) groups is 1. The average Bonchev–Trinajstić information content (AvgIpc) is 2.10. The molecule has 0 aliphatic rings. The van der Waals surface area contributed by atoms with Crippen LogP contribution in [0.2, 0.25) is 0 Å². The van der Waals surface area contributed by atoms with Gasteiger partial charge in [-0.05, 0) is 30.4 Å². The Morgan fingerprint density at radius 3 is 1.76 bits per heavy atom. The SMILES string of the molecule is CCCOC(=S)SC(F)(C(F)(F)F)C(F)(F)F. The molecule has 0 aliphatic carbocycles. The zero-order valence-electron chi connectivity index (χ0n) is 8.28. The van der Waals surface area contributed by atoms with Crippen molar-refractivity contribution in [2.24, 2.45) is 0 Å². The highest BCUT2D eigenvalue weighted by atomic mass is 32.2. The highest BCUT2D eigenvalue weighted by Crippen LogP contribution is 2.53. The lowest BCUT2D eigenvalue weighted by Gasteiger charge is -2.28. The third-order valence-electron chi connectivity index (χ3n) is 1.38. The first-order valence-electron chi connectivity index (χ1n) is 4.14. The van der Waals surface area contributed by atoms with Gasteiger partial charge in [0.15, 0.2) is 0 Å². The van der Waals surface area contributed by atoms with Gasteiger partial charge in [0.2, 0.25) is 4.38 Å². The van der Waals surface area contributed by atoms with Crippen molar-refractivity contribution in [2.75, 3.05) is 6.61 Å². The quantitative estimate of drug-likeness (QED) is 0.570. The second-order valence-corrected chi connectivity index (χ2v) is 4.56. The third kappa shape index (κ3) is 4.16. The van der Waals surface area contributed by atoms with Crippen molar-refractivity contribution >= 4 is 28.4 Å². The van der Waals surface area contributed by atoms with Crippen LogP contribution in [-0.2, 0) is 4.74 Å². The summed E-state index contributed by atoms with van der Waals surface area (Å²) < 4.78 is 88.5. The molecule has 0 fully saturated rings. The molecule has 0 radical (unpaired) electrons. The van der Waals surface area contributed by atoms with Gasteiger partial charge >= 0.3 is 17.4 Å². The number of hydrogen-bond donors (Lipinski definition) is 0. The molecular formula is C7H7F7OS2. The Labute approximate surface area is 102 Å². The average molecular weight is 304 g/mol. The van der Waals surface area contributed by atoms with Gasteiger partial charge in [-0.1, -0.05) is 6.92 Å². The van der Waals surface area contributed by atoms with Crippen molar-refractivity contribution in [1.29, 1.82) is 0 Å². The van der Waals surface area contributed by atoms with Gasteiger partial charge in [-0.15, -0.1) is 0 Å². The van der Waals surface area contributed by atoms with Crippen LogP contribution < -0.4 is 0 Å². The molecule has 17 heavy (non-hydrogen) atoms. The van der Waals surface area contributed by atoms with E-state index in [-0.39, 0.29) is 6.61 Å². The van der Waals surface area contributed by atoms with Crippen molar-refractivity contribution in [3.8, 4) is 0 Å². The summed E-state index contributed by atoms with van der Waals surface area (Å²) in [5.74, 6) is 0. The van der Waals surface area contributed by atoms with Crippen molar-refractivity contribution in [1.82, 2.24) is 0 Å². The second-order valence-electron chi connectivity index (χ2n) is 2.79. The molecule has 0 bridgehead atoms. The van der Waals surface area contributed by atoms with Crippen molar-refractivity contribution in [3.63, 3.8) is 0 Å². The van der Waals surface area contributed by atoms with E-state index in [4.69, 9.17) is 0 Å². The van der Waals surface area contributed by atoms with E-state index in [0.717, 1.165) is 0 Å². The maximum Gasteiger partial charge on any atom is 0.442 e. The molecule has 0 atom stereocenters. The van der Waals surface area contributed by atoms with E-state index in [1.807, 2.05) is 0 Å². The van der Waals surface area contributed by atoms with Crippen molar-refractivity contribution in [3.05, 3.63) is 0 Å². The summed E-state index contributed by atoms with van der Waals surface area (Å²) in [6, 6.07) is 0. The second kappa shape index (κ2) is 5.59. The molecule has 0 aromatic carbocycles. The number of ether oxygens (including phenoxy) is 1. The Hall–Kier alpha value is -0.250. The van der Waals surface area contributed by atoms with E-state index >= 15 is 0 Å². The van der Waals surface area contributed by atoms with E-state index in [1.54, 1.807) is 6.92 Å². The molecule has 0 aromatic heterocycles. The molecule has 0 spiro atoms. The van der Waals surface area contributed by atoms with Gasteiger partial charge in [-0.25, -0.2) is 4.39 Å². The van der Waals surface area contributed by atoms with Crippen molar-refractivity contribution in [2.45, 2.75) is 30.7 Å². The smallest absolute Gasteiger partial charge is 0.442 e. The highest BCUT2D eigenvalue weighted by molar-refractivity contribution is 8.23. The fourth-order valence-electron chi connectivity index (χ4n) is 0.606. The lowest BCUT2D eigenvalue weighted by molar-refractivity contribution is -0.302. The van der Waals surface area contributed by atoms with Gasteiger partial charge < -0.3 is 4.74 Å². The van der Waals surface area contributed by atoms with Crippen LogP contribution in [-0.4, -0.2) is 28.3 Å². The number of halogens is 7. The zero-order chi connectivity index (χ0) is 13.9. The molecule has 0 N–H and O–H groups in total. The first kappa shape index (κ1) is 16.8. The molecule has 10 heteroatoms. The minimum atomic E-state index is -6.13. The molecular weight excluding hydrogens is 297 g/mol. The van der Waals surface area contributed by atoms with Crippen LogP contribution in [0.1, 0.15) is 13.3 Å². The number of alkyl halides is 7. The number of hydrogen-bond acceptors (Lipinski definition) is 3. The van der Waals surface area contributed by atoms with E-state index in [9.17, 15) is 30.7 Å². The Balaban J connectivity index is 4.93. The van der Waals surface area contributed by atoms with E-state index in [0.29, 0.717) is 6.42 Å².